The number of primary amides is 1. The van der Waals surface area contributed by atoms with E-state index in [4.69, 9.17) is 5.73 Å². The van der Waals surface area contributed by atoms with E-state index >= 15 is 0 Å². The van der Waals surface area contributed by atoms with Gasteiger partial charge in [-0.1, -0.05) is 13.8 Å². The van der Waals surface area contributed by atoms with Gasteiger partial charge >= 0.3 is 6.09 Å². The number of halogens is 1. The predicted octanol–water partition coefficient (Wildman–Crippen LogP) is 3.34. The highest BCUT2D eigenvalue weighted by molar-refractivity contribution is 5.98. The first-order valence-corrected chi connectivity index (χ1v) is 10.0. The molecule has 1 aliphatic heterocycles. The number of nitrogens with two attached hydrogens (primary N) is 1. The fourth-order valence-electron chi connectivity index (χ4n) is 4.03. The number of nitrogens with zero attached hydrogens (tertiary/aromatic N) is 4. The lowest BCUT2D eigenvalue weighted by Gasteiger charge is -2.42. The fraction of sp³-hybridized carbons (Fsp3) is 0.429. The van der Waals surface area contributed by atoms with Crippen LogP contribution in [0, 0.1) is 29.0 Å². The van der Waals surface area contributed by atoms with E-state index in [9.17, 15) is 24.3 Å². The van der Waals surface area contributed by atoms with E-state index in [1.165, 1.54) is 40.0 Å². The molecule has 164 valence electrons. The fourth-order valence-corrected chi connectivity index (χ4v) is 4.03. The van der Waals surface area contributed by atoms with Gasteiger partial charge in [-0.2, -0.15) is 10.4 Å². The quantitative estimate of drug-likeness (QED) is 0.645. The molecule has 0 radical (unpaired) electrons. The molecule has 0 saturated carbocycles. The summed E-state index contributed by atoms with van der Waals surface area (Å²) in [4.78, 5) is 25.0. The van der Waals surface area contributed by atoms with Gasteiger partial charge in [0, 0.05) is 18.4 Å². The lowest BCUT2D eigenvalue weighted by Crippen LogP contribution is -2.51. The molecule has 2 heterocycles. The van der Waals surface area contributed by atoms with Crippen molar-refractivity contribution in [1.82, 2.24) is 14.7 Å². The van der Waals surface area contributed by atoms with Gasteiger partial charge in [0.2, 0.25) is 0 Å². The van der Waals surface area contributed by atoms with Crippen LogP contribution in [0.3, 0.4) is 0 Å². The number of nitriles is 1. The Morgan fingerprint density at radius 3 is 2.61 bits per heavy atom. The summed E-state index contributed by atoms with van der Waals surface area (Å²) in [6.45, 7) is 4.20. The smallest absolute Gasteiger partial charge is 0.407 e. The maximum Gasteiger partial charge on any atom is 0.407 e. The SMILES string of the molecule is CC(C)CC1C(C#N)C(n2cc(C(N)=O)c(Nc3ccc(F)cc3)n2)CCN1C(=O)O. The van der Waals surface area contributed by atoms with Crippen LogP contribution in [0.25, 0.3) is 0 Å². The Labute approximate surface area is 179 Å². The third kappa shape index (κ3) is 4.77. The van der Waals surface area contributed by atoms with Crippen molar-refractivity contribution in [2.45, 2.75) is 38.8 Å². The van der Waals surface area contributed by atoms with Crippen molar-refractivity contribution in [2.24, 2.45) is 17.6 Å². The molecule has 1 aromatic heterocycles. The molecule has 2 aromatic rings. The minimum Gasteiger partial charge on any atom is -0.465 e. The number of amides is 2. The lowest BCUT2D eigenvalue weighted by molar-refractivity contribution is 0.0578. The Morgan fingerprint density at radius 1 is 1.39 bits per heavy atom. The van der Waals surface area contributed by atoms with E-state index in [2.05, 4.69) is 16.5 Å². The van der Waals surface area contributed by atoms with Crippen molar-refractivity contribution in [3.8, 4) is 6.07 Å². The Kier molecular flexibility index (Phi) is 6.44. The van der Waals surface area contributed by atoms with Crippen LogP contribution in [0.4, 0.5) is 20.7 Å². The molecule has 10 heteroatoms. The van der Waals surface area contributed by atoms with Crippen molar-refractivity contribution in [3.05, 3.63) is 41.8 Å². The zero-order valence-corrected chi connectivity index (χ0v) is 17.3. The molecule has 0 spiro atoms. The van der Waals surface area contributed by atoms with Crippen LogP contribution in [-0.4, -0.2) is 44.4 Å². The van der Waals surface area contributed by atoms with E-state index in [-0.39, 0.29) is 23.8 Å². The molecule has 0 aliphatic carbocycles. The van der Waals surface area contributed by atoms with E-state index in [0.29, 0.717) is 18.5 Å². The maximum atomic E-state index is 13.2. The number of benzene rings is 1. The first kappa shape index (κ1) is 22.1. The average molecular weight is 428 g/mol. The lowest BCUT2D eigenvalue weighted by atomic mass is 9.82. The second-order valence-corrected chi connectivity index (χ2v) is 8.05. The summed E-state index contributed by atoms with van der Waals surface area (Å²) in [6, 6.07) is 6.89. The number of carbonyl (C=O) groups is 2. The van der Waals surface area contributed by atoms with E-state index < -0.39 is 35.8 Å². The topological polar surface area (TPSA) is 137 Å². The number of hydrogen-bond donors (Lipinski definition) is 3. The highest BCUT2D eigenvalue weighted by Gasteiger charge is 2.42. The third-order valence-electron chi connectivity index (χ3n) is 5.45. The summed E-state index contributed by atoms with van der Waals surface area (Å²) >= 11 is 0. The molecule has 1 aliphatic rings. The van der Waals surface area contributed by atoms with Crippen LogP contribution in [-0.2, 0) is 0 Å². The normalized spacial score (nSPS) is 21.0. The molecule has 3 atom stereocenters. The zero-order valence-electron chi connectivity index (χ0n) is 17.3. The van der Waals surface area contributed by atoms with Crippen molar-refractivity contribution < 1.29 is 19.1 Å². The Bertz CT molecular complexity index is 998. The number of carboxylic acid groups (broad SMARTS) is 1. The molecule has 4 N–H and O–H groups in total. The number of hydrogen-bond acceptors (Lipinski definition) is 5. The minimum atomic E-state index is -1.05. The number of anilines is 2. The monoisotopic (exact) mass is 428 g/mol. The van der Waals surface area contributed by atoms with Gasteiger partial charge in [-0.15, -0.1) is 0 Å². The van der Waals surface area contributed by atoms with Crippen LogP contribution in [0.15, 0.2) is 30.5 Å². The van der Waals surface area contributed by atoms with Crippen molar-refractivity contribution >= 4 is 23.5 Å². The minimum absolute atomic E-state index is 0.127. The maximum absolute atomic E-state index is 13.2. The first-order chi connectivity index (χ1) is 14.7. The van der Waals surface area contributed by atoms with Crippen LogP contribution < -0.4 is 11.1 Å². The first-order valence-electron chi connectivity index (χ1n) is 10.0. The second-order valence-electron chi connectivity index (χ2n) is 8.05. The van der Waals surface area contributed by atoms with E-state index in [0.717, 1.165) is 0 Å². The molecule has 1 saturated heterocycles. The molecule has 1 fully saturated rings. The highest BCUT2D eigenvalue weighted by atomic mass is 19.1. The molecule has 3 rings (SSSR count). The Morgan fingerprint density at radius 2 is 2.06 bits per heavy atom. The number of likely N-dealkylation sites (tertiary alicyclic amines) is 1. The Hall–Kier alpha value is -3.61. The second kappa shape index (κ2) is 9.04. The molecular weight excluding hydrogens is 403 g/mol. The predicted molar refractivity (Wildman–Crippen MR) is 111 cm³/mol. The van der Waals surface area contributed by atoms with E-state index in [1.807, 2.05) is 13.8 Å². The largest absolute Gasteiger partial charge is 0.465 e. The summed E-state index contributed by atoms with van der Waals surface area (Å²) in [5.41, 5.74) is 6.16. The molecule has 31 heavy (non-hydrogen) atoms. The number of rotatable bonds is 6. The molecule has 9 nitrogen and oxygen atoms in total. The molecule has 0 bridgehead atoms. The number of piperidine rings is 1. The summed E-state index contributed by atoms with van der Waals surface area (Å²) in [5, 5.41) is 26.9. The summed E-state index contributed by atoms with van der Waals surface area (Å²) in [6.07, 6.45) is 1.33. The summed E-state index contributed by atoms with van der Waals surface area (Å²) in [7, 11) is 0. The number of aromatic nitrogens is 2. The average Bonchev–Trinajstić information content (AvgIpc) is 3.12. The van der Waals surface area contributed by atoms with Crippen molar-refractivity contribution in [1.29, 1.82) is 5.26 Å². The van der Waals surface area contributed by atoms with Crippen LogP contribution in [0.2, 0.25) is 0 Å². The Balaban J connectivity index is 1.95. The van der Waals surface area contributed by atoms with Gasteiger partial charge in [0.1, 0.15) is 11.4 Å². The van der Waals surface area contributed by atoms with Gasteiger partial charge in [0.25, 0.3) is 5.91 Å². The zero-order chi connectivity index (χ0) is 22.7. The summed E-state index contributed by atoms with van der Waals surface area (Å²) in [5.74, 6) is -1.37. The van der Waals surface area contributed by atoms with Gasteiger partial charge in [-0.05, 0) is 43.0 Å². The van der Waals surface area contributed by atoms with Crippen LogP contribution in [0.1, 0.15) is 43.1 Å². The van der Waals surface area contributed by atoms with Gasteiger partial charge in [0.15, 0.2) is 5.82 Å². The summed E-state index contributed by atoms with van der Waals surface area (Å²) < 4.78 is 14.7. The van der Waals surface area contributed by atoms with Crippen molar-refractivity contribution in [2.75, 3.05) is 11.9 Å². The third-order valence-corrected chi connectivity index (χ3v) is 5.45. The molecule has 2 amide bonds. The molecule has 3 unspecified atom stereocenters. The van der Waals surface area contributed by atoms with Gasteiger partial charge < -0.3 is 21.1 Å². The van der Waals surface area contributed by atoms with Gasteiger partial charge in [-0.3, -0.25) is 9.48 Å². The highest BCUT2D eigenvalue weighted by Crippen LogP contribution is 2.36. The number of carbonyl (C=O) groups excluding carboxylic acids is 1. The van der Waals surface area contributed by atoms with Crippen molar-refractivity contribution in [3.63, 3.8) is 0 Å². The molecular formula is C21H25FN6O3. The molecule has 1 aromatic carbocycles. The standard InChI is InChI=1S/C21H25FN6O3/c1-12(2)9-18-15(10-23)17(7-8-27(18)21(30)31)28-11-16(19(24)29)20(26-28)25-14-5-3-13(22)4-6-14/h3-6,11-12,15,17-18H,7-9H2,1-2H3,(H2,24,29)(H,25,26)(H,30,31). The van der Waals surface area contributed by atoms with Crippen LogP contribution in [0.5, 0.6) is 0 Å². The van der Waals surface area contributed by atoms with Crippen LogP contribution >= 0.6 is 0 Å². The number of nitrogens with one attached hydrogen (secondary N) is 1. The van der Waals surface area contributed by atoms with Gasteiger partial charge in [-0.25, -0.2) is 9.18 Å². The van der Waals surface area contributed by atoms with Gasteiger partial charge in [0.05, 0.1) is 24.1 Å². The van der Waals surface area contributed by atoms with E-state index in [1.54, 1.807) is 0 Å².